The summed E-state index contributed by atoms with van der Waals surface area (Å²) in [5, 5.41) is 17.7. The molecule has 0 heterocycles. The van der Waals surface area contributed by atoms with Crippen molar-refractivity contribution in [3.8, 4) is 0 Å². The number of amides is 3. The van der Waals surface area contributed by atoms with Crippen molar-refractivity contribution in [1.82, 2.24) is 20.9 Å². The molecular formula is C53H102N4O8. The van der Waals surface area contributed by atoms with Gasteiger partial charge in [-0.2, -0.15) is 0 Å². The third kappa shape index (κ3) is 42.2. The zero-order valence-corrected chi connectivity index (χ0v) is 43.0. The van der Waals surface area contributed by atoms with Crippen molar-refractivity contribution in [2.45, 2.75) is 253 Å². The van der Waals surface area contributed by atoms with Crippen molar-refractivity contribution in [3.63, 3.8) is 0 Å². The van der Waals surface area contributed by atoms with Crippen molar-refractivity contribution < 1.29 is 38.6 Å². The van der Waals surface area contributed by atoms with Gasteiger partial charge < -0.3 is 35.4 Å². The molecule has 12 nitrogen and oxygen atoms in total. The monoisotopic (exact) mass is 923 g/mol. The lowest BCUT2D eigenvalue weighted by molar-refractivity contribution is -0.145. The third-order valence-corrected chi connectivity index (χ3v) is 12.6. The molecule has 0 bridgehead atoms. The number of ether oxygens (including phenoxy) is 2. The minimum absolute atomic E-state index is 0.0766. The van der Waals surface area contributed by atoms with Gasteiger partial charge in [-0.15, -0.1) is 0 Å². The fourth-order valence-electron chi connectivity index (χ4n) is 8.31. The van der Waals surface area contributed by atoms with Gasteiger partial charge >= 0.3 is 18.0 Å². The van der Waals surface area contributed by atoms with Crippen molar-refractivity contribution >= 4 is 29.8 Å². The molecule has 0 radical (unpaired) electrons. The summed E-state index contributed by atoms with van der Waals surface area (Å²) < 4.78 is 11.6. The zero-order chi connectivity index (χ0) is 48.2. The van der Waals surface area contributed by atoms with Gasteiger partial charge in [0.2, 0.25) is 11.8 Å². The molecule has 65 heavy (non-hydrogen) atoms. The number of carboxylic acids is 1. The normalized spacial score (nSPS) is 11.6. The number of hydrogen-bond acceptors (Lipinski definition) is 8. The predicted octanol–water partition coefficient (Wildman–Crippen LogP) is 12.4. The fourth-order valence-corrected chi connectivity index (χ4v) is 8.31. The Bertz CT molecular complexity index is 1160. The maximum Gasteiger partial charge on any atom is 0.407 e. The zero-order valence-electron chi connectivity index (χ0n) is 43.0. The molecule has 0 aromatic carbocycles. The van der Waals surface area contributed by atoms with Crippen molar-refractivity contribution in [2.24, 2.45) is 11.8 Å². The van der Waals surface area contributed by atoms with Gasteiger partial charge in [0.1, 0.15) is 5.60 Å². The second kappa shape index (κ2) is 43.7. The number of rotatable bonds is 47. The highest BCUT2D eigenvalue weighted by molar-refractivity contribution is 5.76. The van der Waals surface area contributed by atoms with Crippen LogP contribution in [0.1, 0.15) is 247 Å². The number of alkyl carbamates (subject to hydrolysis) is 1. The van der Waals surface area contributed by atoms with Crippen LogP contribution in [-0.2, 0) is 28.7 Å². The number of hydrogen-bond donors (Lipinski definition) is 4. The van der Waals surface area contributed by atoms with E-state index in [4.69, 9.17) is 14.6 Å². The Morgan fingerprint density at radius 2 is 0.938 bits per heavy atom. The number of nitrogens with zero attached hydrogens (tertiary/aromatic N) is 1. The molecule has 0 rings (SSSR count). The largest absolute Gasteiger partial charge is 0.481 e. The molecule has 0 aromatic heterocycles. The number of carbonyl (C=O) groups excluding carboxylic acids is 4. The molecule has 4 N–H and O–H groups in total. The molecule has 0 fully saturated rings. The van der Waals surface area contributed by atoms with Crippen LogP contribution in [0, 0.1) is 11.8 Å². The fraction of sp³-hybridized carbons (Fsp3) is 0.906. The Morgan fingerprint density at radius 1 is 0.492 bits per heavy atom. The maximum absolute atomic E-state index is 13.0. The first-order chi connectivity index (χ1) is 31.3. The SMILES string of the molecule is CCCCCCC(CCCCCC)CCC(C)(C)OC(=O)NCCN(CCC(=O)NCCCCCC(=O)O)CCC(=O)NCCCCCC(=O)OCC(CCCCCC)CCCCCC. The molecule has 0 aliphatic heterocycles. The summed E-state index contributed by atoms with van der Waals surface area (Å²) in [4.78, 5) is 63.9. The lowest BCUT2D eigenvalue weighted by atomic mass is 9.87. The minimum Gasteiger partial charge on any atom is -0.481 e. The van der Waals surface area contributed by atoms with Crippen LogP contribution in [0.4, 0.5) is 4.79 Å². The molecule has 0 atom stereocenters. The van der Waals surface area contributed by atoms with Crippen LogP contribution in [0.25, 0.3) is 0 Å². The van der Waals surface area contributed by atoms with Crippen LogP contribution >= 0.6 is 0 Å². The molecule has 0 saturated carbocycles. The number of carbonyl (C=O) groups is 5. The summed E-state index contributed by atoms with van der Waals surface area (Å²) in [6, 6.07) is 0. The summed E-state index contributed by atoms with van der Waals surface area (Å²) in [5.74, 6) is -0.00292. The van der Waals surface area contributed by atoms with Gasteiger partial charge in [0.15, 0.2) is 0 Å². The maximum atomic E-state index is 13.0. The van der Waals surface area contributed by atoms with E-state index in [-0.39, 0.29) is 37.0 Å². The smallest absolute Gasteiger partial charge is 0.407 e. The average Bonchev–Trinajstić information content (AvgIpc) is 3.27. The molecular weight excluding hydrogens is 821 g/mol. The van der Waals surface area contributed by atoms with E-state index < -0.39 is 17.7 Å². The number of esters is 1. The van der Waals surface area contributed by atoms with E-state index >= 15 is 0 Å². The number of carboxylic acid groups (broad SMARTS) is 1. The van der Waals surface area contributed by atoms with Crippen LogP contribution in [0.3, 0.4) is 0 Å². The van der Waals surface area contributed by atoms with E-state index in [1.54, 1.807) is 0 Å². The highest BCUT2D eigenvalue weighted by Crippen LogP contribution is 2.28. The summed E-state index contributed by atoms with van der Waals surface area (Å²) in [7, 11) is 0. The summed E-state index contributed by atoms with van der Waals surface area (Å²) in [6.07, 6.45) is 31.6. The number of nitrogens with one attached hydrogen (secondary N) is 3. The van der Waals surface area contributed by atoms with Crippen molar-refractivity contribution in [1.29, 1.82) is 0 Å². The lowest BCUT2D eigenvalue weighted by Crippen LogP contribution is -2.41. The van der Waals surface area contributed by atoms with Gasteiger partial charge in [0.25, 0.3) is 0 Å². The minimum atomic E-state index is -0.812. The van der Waals surface area contributed by atoms with Gasteiger partial charge in [0.05, 0.1) is 6.61 Å². The second-order valence-corrected chi connectivity index (χ2v) is 19.5. The molecule has 382 valence electrons. The Kier molecular flexibility index (Phi) is 41.7. The van der Waals surface area contributed by atoms with E-state index in [1.807, 2.05) is 18.7 Å². The van der Waals surface area contributed by atoms with Crippen LogP contribution < -0.4 is 16.0 Å². The molecule has 0 saturated heterocycles. The van der Waals surface area contributed by atoms with Crippen LogP contribution in [0.5, 0.6) is 0 Å². The standard InChI is InChI=1S/C53H102N4O8/c1-7-11-15-21-29-46(30-22-16-12-8-2)35-38-53(5,6)65-52(63)56-41-44-57(42-36-48(58)54-39-27-19-25-33-50(60)61)43-37-49(59)55-40-28-20-26-34-51(62)64-45-47(31-23-17-13-9-3)32-24-18-14-10-4/h46-47H,7-45H2,1-6H3,(H,54,58)(H,55,59)(H,56,63)(H,60,61). The highest BCUT2D eigenvalue weighted by Gasteiger charge is 2.25. The van der Waals surface area contributed by atoms with E-state index in [0.29, 0.717) is 77.0 Å². The number of unbranched alkanes of at least 4 members (excludes halogenated alkanes) is 16. The molecule has 0 spiro atoms. The molecule has 12 heteroatoms. The van der Waals surface area contributed by atoms with Gasteiger partial charge in [0, 0.05) is 65.0 Å². The van der Waals surface area contributed by atoms with Crippen molar-refractivity contribution in [2.75, 3.05) is 45.9 Å². The summed E-state index contributed by atoms with van der Waals surface area (Å²) >= 11 is 0. The van der Waals surface area contributed by atoms with Gasteiger partial charge in [-0.05, 0) is 77.0 Å². The molecule has 0 aliphatic carbocycles. The van der Waals surface area contributed by atoms with Gasteiger partial charge in [-0.1, -0.05) is 156 Å². The molecule has 0 unspecified atom stereocenters. The Balaban J connectivity index is 4.91. The summed E-state index contributed by atoms with van der Waals surface area (Å²) in [6.45, 7) is 16.1. The lowest BCUT2D eigenvalue weighted by Gasteiger charge is -2.28. The van der Waals surface area contributed by atoms with E-state index in [2.05, 4.69) is 43.6 Å². The summed E-state index contributed by atoms with van der Waals surface area (Å²) in [5.41, 5.74) is -0.591. The van der Waals surface area contributed by atoms with Gasteiger partial charge in [-0.25, -0.2) is 4.79 Å². The first-order valence-electron chi connectivity index (χ1n) is 27.0. The van der Waals surface area contributed by atoms with Crippen molar-refractivity contribution in [3.05, 3.63) is 0 Å². The molecule has 3 amide bonds. The third-order valence-electron chi connectivity index (χ3n) is 12.6. The first kappa shape index (κ1) is 62.1. The average molecular weight is 923 g/mol. The van der Waals surface area contributed by atoms with Crippen LogP contribution in [-0.4, -0.2) is 91.3 Å². The quantitative estimate of drug-likeness (QED) is 0.0344. The van der Waals surface area contributed by atoms with E-state index in [9.17, 15) is 24.0 Å². The topological polar surface area (TPSA) is 163 Å². The predicted molar refractivity (Wildman–Crippen MR) is 267 cm³/mol. The van der Waals surface area contributed by atoms with Crippen LogP contribution in [0.15, 0.2) is 0 Å². The molecule has 0 aliphatic rings. The van der Waals surface area contributed by atoms with E-state index in [0.717, 1.165) is 51.4 Å². The first-order valence-corrected chi connectivity index (χ1v) is 27.0. The van der Waals surface area contributed by atoms with Gasteiger partial charge in [-0.3, -0.25) is 19.2 Å². The highest BCUT2D eigenvalue weighted by atomic mass is 16.6. The Hall–Kier alpha value is -2.89. The second-order valence-electron chi connectivity index (χ2n) is 19.5. The van der Waals surface area contributed by atoms with E-state index in [1.165, 1.54) is 116 Å². The Morgan fingerprint density at radius 3 is 1.40 bits per heavy atom. The van der Waals surface area contributed by atoms with Crippen LogP contribution in [0.2, 0.25) is 0 Å². The number of aliphatic carboxylic acids is 1. The molecule has 0 aromatic rings. The Labute approximate surface area is 398 Å².